The smallest absolute Gasteiger partial charge is 0.125 e. The van der Waals surface area contributed by atoms with Gasteiger partial charge in [0, 0.05) is 11.3 Å². The van der Waals surface area contributed by atoms with Gasteiger partial charge in [0.25, 0.3) is 0 Å². The van der Waals surface area contributed by atoms with Crippen LogP contribution in [0.3, 0.4) is 0 Å². The van der Waals surface area contributed by atoms with Crippen molar-refractivity contribution in [1.82, 2.24) is 5.32 Å². The Bertz CT molecular complexity index is 514. The first-order chi connectivity index (χ1) is 9.83. The number of nitrogens with one attached hydrogen (secondary N) is 1. The molecule has 0 amide bonds. The minimum absolute atomic E-state index is 0.149. The van der Waals surface area contributed by atoms with Crippen LogP contribution in [0.15, 0.2) is 53.1 Å². The molecular formula is C17H21NOS. The lowest BCUT2D eigenvalue weighted by atomic mass is 9.84. The first-order valence-corrected chi connectivity index (χ1v) is 8.42. The second-order valence-corrected chi connectivity index (χ2v) is 6.75. The van der Waals surface area contributed by atoms with Crippen molar-refractivity contribution in [2.24, 2.45) is 0 Å². The van der Waals surface area contributed by atoms with Crippen LogP contribution in [0.1, 0.15) is 36.6 Å². The summed E-state index contributed by atoms with van der Waals surface area (Å²) < 4.78 is 6.06. The lowest BCUT2D eigenvalue weighted by Crippen LogP contribution is -2.44. The molecule has 2 nitrogen and oxygen atoms in total. The van der Waals surface area contributed by atoms with E-state index in [9.17, 15) is 0 Å². The summed E-state index contributed by atoms with van der Waals surface area (Å²) >= 11 is 2.00. The zero-order valence-corrected chi connectivity index (χ0v) is 12.7. The van der Waals surface area contributed by atoms with Crippen LogP contribution in [-0.2, 0) is 0 Å². The van der Waals surface area contributed by atoms with Gasteiger partial charge in [-0.05, 0) is 36.8 Å². The Balaban J connectivity index is 1.77. The molecule has 2 aromatic rings. The third-order valence-electron chi connectivity index (χ3n) is 4.29. The number of benzene rings is 1. The van der Waals surface area contributed by atoms with Crippen LogP contribution in [0.4, 0.5) is 0 Å². The van der Waals surface area contributed by atoms with Crippen LogP contribution in [0.5, 0.6) is 0 Å². The molecule has 0 radical (unpaired) electrons. The molecule has 0 saturated heterocycles. The SMILES string of the molecule is CSC1(CNC(c2ccccc2)c2ccco2)CCC1. The predicted octanol–water partition coefficient (Wildman–Crippen LogP) is 4.24. The molecule has 1 aliphatic carbocycles. The molecule has 0 spiro atoms. The standard InChI is InChI=1S/C17H21NOS/c1-20-17(10-6-11-17)13-18-16(15-9-5-12-19-15)14-7-3-2-4-8-14/h2-5,7-9,12,16,18H,6,10-11,13H2,1H3. The number of rotatable bonds is 6. The van der Waals surface area contributed by atoms with Gasteiger partial charge in [0.1, 0.15) is 5.76 Å². The van der Waals surface area contributed by atoms with E-state index in [2.05, 4.69) is 48.0 Å². The number of thioether (sulfide) groups is 1. The van der Waals surface area contributed by atoms with Crippen LogP contribution in [0, 0.1) is 0 Å². The van der Waals surface area contributed by atoms with Crippen molar-refractivity contribution in [1.29, 1.82) is 0 Å². The van der Waals surface area contributed by atoms with Crippen molar-refractivity contribution in [3.63, 3.8) is 0 Å². The number of furan rings is 1. The quantitative estimate of drug-likeness (QED) is 0.860. The third kappa shape index (κ3) is 2.79. The van der Waals surface area contributed by atoms with E-state index in [-0.39, 0.29) is 6.04 Å². The van der Waals surface area contributed by atoms with Crippen molar-refractivity contribution >= 4 is 11.8 Å². The first-order valence-electron chi connectivity index (χ1n) is 7.20. The average molecular weight is 287 g/mol. The predicted molar refractivity (Wildman–Crippen MR) is 85.1 cm³/mol. The Labute approximate surface area is 125 Å². The second-order valence-electron chi connectivity index (χ2n) is 5.48. The fourth-order valence-electron chi connectivity index (χ4n) is 2.80. The van der Waals surface area contributed by atoms with E-state index in [0.29, 0.717) is 4.75 Å². The van der Waals surface area contributed by atoms with Crippen molar-refractivity contribution in [2.75, 3.05) is 12.8 Å². The first kappa shape index (κ1) is 13.8. The summed E-state index contributed by atoms with van der Waals surface area (Å²) in [7, 11) is 0. The van der Waals surface area contributed by atoms with Crippen LogP contribution >= 0.6 is 11.8 Å². The van der Waals surface area contributed by atoms with E-state index in [1.807, 2.05) is 17.8 Å². The van der Waals surface area contributed by atoms with Gasteiger partial charge in [0.15, 0.2) is 0 Å². The molecule has 1 aliphatic rings. The molecule has 20 heavy (non-hydrogen) atoms. The van der Waals surface area contributed by atoms with Crippen molar-refractivity contribution < 1.29 is 4.42 Å². The molecule has 1 heterocycles. The Morgan fingerprint density at radius 1 is 1.20 bits per heavy atom. The topological polar surface area (TPSA) is 25.2 Å². The van der Waals surface area contributed by atoms with Gasteiger partial charge in [-0.2, -0.15) is 11.8 Å². The highest BCUT2D eigenvalue weighted by molar-refractivity contribution is 8.00. The minimum atomic E-state index is 0.149. The van der Waals surface area contributed by atoms with E-state index < -0.39 is 0 Å². The molecule has 106 valence electrons. The molecule has 1 aromatic heterocycles. The molecule has 1 atom stereocenters. The molecule has 1 N–H and O–H groups in total. The van der Waals surface area contributed by atoms with Crippen LogP contribution in [0.25, 0.3) is 0 Å². The molecule has 3 rings (SSSR count). The zero-order chi connectivity index (χ0) is 13.8. The van der Waals surface area contributed by atoms with E-state index in [1.54, 1.807) is 6.26 Å². The van der Waals surface area contributed by atoms with Gasteiger partial charge in [-0.15, -0.1) is 0 Å². The van der Waals surface area contributed by atoms with Gasteiger partial charge < -0.3 is 9.73 Å². The van der Waals surface area contributed by atoms with Gasteiger partial charge in [-0.3, -0.25) is 0 Å². The van der Waals surface area contributed by atoms with Gasteiger partial charge in [0.2, 0.25) is 0 Å². The lowest BCUT2D eigenvalue weighted by molar-refractivity contribution is 0.328. The molecule has 1 aromatic carbocycles. The van der Waals surface area contributed by atoms with Crippen LogP contribution in [-0.4, -0.2) is 17.5 Å². The van der Waals surface area contributed by atoms with E-state index in [4.69, 9.17) is 4.42 Å². The summed E-state index contributed by atoms with van der Waals surface area (Å²) in [6, 6.07) is 14.7. The number of hydrogen-bond acceptors (Lipinski definition) is 3. The Morgan fingerprint density at radius 2 is 2.00 bits per heavy atom. The summed E-state index contributed by atoms with van der Waals surface area (Å²) in [6.45, 7) is 1.04. The highest BCUT2D eigenvalue weighted by Crippen LogP contribution is 2.42. The highest BCUT2D eigenvalue weighted by Gasteiger charge is 2.36. The second kappa shape index (κ2) is 6.06. The maximum Gasteiger partial charge on any atom is 0.125 e. The molecule has 1 saturated carbocycles. The number of hydrogen-bond donors (Lipinski definition) is 1. The molecule has 0 bridgehead atoms. The Hall–Kier alpha value is -1.19. The maximum absolute atomic E-state index is 5.63. The monoisotopic (exact) mass is 287 g/mol. The average Bonchev–Trinajstić information content (AvgIpc) is 2.97. The van der Waals surface area contributed by atoms with Crippen LogP contribution in [0.2, 0.25) is 0 Å². The van der Waals surface area contributed by atoms with Gasteiger partial charge >= 0.3 is 0 Å². The summed E-state index contributed by atoms with van der Waals surface area (Å²) in [6.07, 6.45) is 7.98. The molecule has 0 aliphatic heterocycles. The van der Waals surface area contributed by atoms with Crippen molar-refractivity contribution in [3.8, 4) is 0 Å². The normalized spacial score (nSPS) is 18.4. The van der Waals surface area contributed by atoms with Crippen LogP contribution < -0.4 is 5.32 Å². The fourth-order valence-corrected chi connectivity index (χ4v) is 3.72. The zero-order valence-electron chi connectivity index (χ0n) is 11.8. The van der Waals surface area contributed by atoms with E-state index in [0.717, 1.165) is 12.3 Å². The largest absolute Gasteiger partial charge is 0.467 e. The molecule has 1 fully saturated rings. The Kier molecular flexibility index (Phi) is 4.18. The summed E-state index contributed by atoms with van der Waals surface area (Å²) in [5.74, 6) is 0.992. The van der Waals surface area contributed by atoms with E-state index >= 15 is 0 Å². The third-order valence-corrected chi connectivity index (χ3v) is 5.71. The van der Waals surface area contributed by atoms with Crippen molar-refractivity contribution in [3.05, 3.63) is 60.1 Å². The van der Waals surface area contributed by atoms with Gasteiger partial charge in [0.05, 0.1) is 12.3 Å². The molecule has 3 heteroatoms. The van der Waals surface area contributed by atoms with Gasteiger partial charge in [-0.25, -0.2) is 0 Å². The van der Waals surface area contributed by atoms with Gasteiger partial charge in [-0.1, -0.05) is 36.8 Å². The molecule has 1 unspecified atom stereocenters. The summed E-state index contributed by atoms with van der Waals surface area (Å²) in [4.78, 5) is 0. The maximum atomic E-state index is 5.63. The molecular weight excluding hydrogens is 266 g/mol. The minimum Gasteiger partial charge on any atom is -0.467 e. The fraction of sp³-hybridized carbons (Fsp3) is 0.412. The Morgan fingerprint density at radius 3 is 2.55 bits per heavy atom. The van der Waals surface area contributed by atoms with E-state index in [1.165, 1.54) is 24.8 Å². The lowest BCUT2D eigenvalue weighted by Gasteiger charge is -2.41. The summed E-state index contributed by atoms with van der Waals surface area (Å²) in [5, 5.41) is 3.72. The highest BCUT2D eigenvalue weighted by atomic mass is 32.2. The summed E-state index contributed by atoms with van der Waals surface area (Å²) in [5.41, 5.74) is 1.26. The van der Waals surface area contributed by atoms with Crippen molar-refractivity contribution in [2.45, 2.75) is 30.1 Å².